The van der Waals surface area contributed by atoms with Crippen molar-refractivity contribution in [1.82, 2.24) is 19.8 Å². The number of rotatable bonds is 4. The zero-order chi connectivity index (χ0) is 21.1. The van der Waals surface area contributed by atoms with E-state index < -0.39 is 0 Å². The lowest BCUT2D eigenvalue weighted by Crippen LogP contribution is -2.39. The Morgan fingerprint density at radius 1 is 0.967 bits per heavy atom. The zero-order valence-corrected chi connectivity index (χ0v) is 17.7. The van der Waals surface area contributed by atoms with E-state index in [2.05, 4.69) is 14.9 Å². The summed E-state index contributed by atoms with van der Waals surface area (Å²) in [5.41, 5.74) is 1.70. The highest BCUT2D eigenvalue weighted by molar-refractivity contribution is 5.94. The number of hydrogen-bond acceptors (Lipinski definition) is 4. The second-order valence-electron chi connectivity index (χ2n) is 8.54. The lowest BCUT2D eigenvalue weighted by molar-refractivity contribution is 0.0739. The van der Waals surface area contributed by atoms with Crippen LogP contribution in [0.25, 0.3) is 0 Å². The molecule has 0 spiro atoms. The van der Waals surface area contributed by atoms with Gasteiger partial charge in [0.25, 0.3) is 5.91 Å². The fourth-order valence-electron chi connectivity index (χ4n) is 4.54. The van der Waals surface area contributed by atoms with Crippen LogP contribution in [0.5, 0.6) is 0 Å². The maximum atomic E-state index is 13.0. The van der Waals surface area contributed by atoms with Gasteiger partial charge in [-0.3, -0.25) is 9.69 Å². The normalized spacial score (nSPS) is 20.5. The van der Waals surface area contributed by atoms with Crippen LogP contribution in [0.4, 0.5) is 10.7 Å². The molecule has 0 atom stereocenters. The predicted octanol–water partition coefficient (Wildman–Crippen LogP) is 3.43. The van der Waals surface area contributed by atoms with Crippen molar-refractivity contribution in [3.8, 4) is 0 Å². The van der Waals surface area contributed by atoms with Crippen molar-refractivity contribution in [2.24, 2.45) is 11.8 Å². The molecule has 2 saturated heterocycles. The van der Waals surface area contributed by atoms with Gasteiger partial charge < -0.3 is 9.80 Å². The molecule has 158 valence electrons. The monoisotopic (exact) mass is 407 g/mol. The number of nitrogens with zero attached hydrogens (tertiary/aromatic N) is 5. The Morgan fingerprint density at radius 3 is 2.10 bits per heavy atom. The van der Waals surface area contributed by atoms with E-state index in [1.807, 2.05) is 24.3 Å². The van der Waals surface area contributed by atoms with Gasteiger partial charge in [0, 0.05) is 51.7 Å². The van der Waals surface area contributed by atoms with Gasteiger partial charge in [0.2, 0.25) is 5.95 Å². The van der Waals surface area contributed by atoms with E-state index in [4.69, 9.17) is 0 Å². The van der Waals surface area contributed by atoms with Crippen LogP contribution in [0.1, 0.15) is 41.6 Å². The summed E-state index contributed by atoms with van der Waals surface area (Å²) < 4.78 is 0. The van der Waals surface area contributed by atoms with Crippen molar-refractivity contribution in [2.75, 3.05) is 32.1 Å². The van der Waals surface area contributed by atoms with E-state index >= 15 is 0 Å². The van der Waals surface area contributed by atoms with Gasteiger partial charge in [0.15, 0.2) is 0 Å². The maximum absolute atomic E-state index is 13.0. The fraction of sp³-hybridized carbons (Fsp3) is 0.478. The number of aromatic nitrogens is 2. The quantitative estimate of drug-likeness (QED) is 0.779. The van der Waals surface area contributed by atoms with Crippen LogP contribution < -0.4 is 4.90 Å². The minimum atomic E-state index is -0.193. The number of urea groups is 1. The molecule has 1 saturated carbocycles. The summed E-state index contributed by atoms with van der Waals surface area (Å²) in [6, 6.07) is 9.15. The lowest BCUT2D eigenvalue weighted by atomic mass is 9.84. The van der Waals surface area contributed by atoms with Crippen LogP contribution >= 0.6 is 0 Å². The molecule has 1 aliphatic carbocycles. The Morgan fingerprint density at radius 2 is 1.53 bits per heavy atom. The molecular formula is C23H29N5O2. The maximum Gasteiger partial charge on any atom is 0.326 e. The average Bonchev–Trinajstić information content (AvgIpc) is 3.13. The van der Waals surface area contributed by atoms with E-state index in [1.165, 1.54) is 30.6 Å². The topological polar surface area (TPSA) is 69.6 Å². The summed E-state index contributed by atoms with van der Waals surface area (Å²) in [5, 5.41) is 0. The fourth-order valence-corrected chi connectivity index (χ4v) is 4.54. The number of carbonyl (C=O) groups is 2. The third-order valence-corrected chi connectivity index (χ3v) is 6.30. The molecule has 2 aromatic rings. The van der Waals surface area contributed by atoms with Crippen LogP contribution in [0.15, 0.2) is 42.7 Å². The number of amides is 3. The van der Waals surface area contributed by atoms with Gasteiger partial charge in [-0.15, -0.1) is 0 Å². The molecule has 3 heterocycles. The van der Waals surface area contributed by atoms with Crippen LogP contribution in [0.3, 0.4) is 0 Å². The van der Waals surface area contributed by atoms with Crippen molar-refractivity contribution >= 4 is 17.9 Å². The van der Waals surface area contributed by atoms with Gasteiger partial charge in [-0.1, -0.05) is 12.1 Å². The minimum Gasteiger partial charge on any atom is -0.338 e. The predicted molar refractivity (Wildman–Crippen MR) is 115 cm³/mol. The van der Waals surface area contributed by atoms with Crippen molar-refractivity contribution in [1.29, 1.82) is 0 Å². The van der Waals surface area contributed by atoms with E-state index in [0.717, 1.165) is 24.2 Å². The summed E-state index contributed by atoms with van der Waals surface area (Å²) in [6.45, 7) is 2.22. The molecule has 1 aromatic heterocycles. The molecule has 1 aromatic carbocycles. The first kappa shape index (κ1) is 20.3. The molecule has 3 amide bonds. The molecule has 30 heavy (non-hydrogen) atoms. The summed E-state index contributed by atoms with van der Waals surface area (Å²) in [5.74, 6) is 1.82. The number of benzene rings is 1. The van der Waals surface area contributed by atoms with Gasteiger partial charge in [0.1, 0.15) is 0 Å². The Hall–Kier alpha value is -2.96. The SMILES string of the molecule is CN(Cc1ccc(C(=O)N2CC3CCC(CC3)C2)cc1)C(=O)N(C)c1ncccn1. The average molecular weight is 408 g/mol. The third kappa shape index (κ3) is 4.45. The summed E-state index contributed by atoms with van der Waals surface area (Å²) in [6.07, 6.45) is 8.26. The van der Waals surface area contributed by atoms with Gasteiger partial charge in [-0.05, 0) is 61.3 Å². The highest BCUT2D eigenvalue weighted by Crippen LogP contribution is 2.34. The van der Waals surface area contributed by atoms with Crippen molar-refractivity contribution < 1.29 is 9.59 Å². The first-order valence-electron chi connectivity index (χ1n) is 10.7. The molecule has 7 nitrogen and oxygen atoms in total. The Balaban J connectivity index is 1.37. The van der Waals surface area contributed by atoms with Crippen molar-refractivity contribution in [3.63, 3.8) is 0 Å². The Labute approximate surface area is 177 Å². The molecular weight excluding hydrogens is 378 g/mol. The second-order valence-corrected chi connectivity index (χ2v) is 8.54. The second kappa shape index (κ2) is 8.81. The molecule has 0 N–H and O–H groups in total. The molecule has 2 bridgehead atoms. The van der Waals surface area contributed by atoms with Gasteiger partial charge in [-0.2, -0.15) is 0 Å². The van der Waals surface area contributed by atoms with Crippen LogP contribution in [-0.4, -0.2) is 58.9 Å². The molecule has 0 unspecified atom stereocenters. The minimum absolute atomic E-state index is 0.130. The highest BCUT2D eigenvalue weighted by Gasteiger charge is 2.31. The van der Waals surface area contributed by atoms with Crippen LogP contribution in [0, 0.1) is 11.8 Å². The molecule has 5 rings (SSSR count). The van der Waals surface area contributed by atoms with E-state index in [1.54, 1.807) is 37.5 Å². The van der Waals surface area contributed by atoms with E-state index in [9.17, 15) is 9.59 Å². The molecule has 0 radical (unpaired) electrons. The first-order valence-corrected chi connectivity index (χ1v) is 10.7. The molecule has 3 aliphatic rings. The standard InChI is InChI=1S/C23H29N5O2/c1-26(23(30)27(2)22-24-12-3-13-25-22)14-17-8-10-20(11-9-17)21(29)28-15-18-4-5-19(16-28)7-6-18/h3,8-13,18-19H,4-7,14-16H2,1-2H3. The smallest absolute Gasteiger partial charge is 0.326 e. The third-order valence-electron chi connectivity index (χ3n) is 6.30. The van der Waals surface area contributed by atoms with Crippen molar-refractivity contribution in [3.05, 3.63) is 53.9 Å². The van der Waals surface area contributed by atoms with Gasteiger partial charge >= 0.3 is 6.03 Å². The summed E-state index contributed by atoms with van der Waals surface area (Å²) in [7, 11) is 3.40. The zero-order valence-electron chi connectivity index (χ0n) is 17.7. The molecule has 3 fully saturated rings. The lowest BCUT2D eigenvalue weighted by Gasteiger charge is -2.24. The molecule has 7 heteroatoms. The Bertz CT molecular complexity index is 864. The number of anilines is 1. The largest absolute Gasteiger partial charge is 0.338 e. The number of hydrogen-bond donors (Lipinski definition) is 0. The van der Waals surface area contributed by atoms with Crippen molar-refractivity contribution in [2.45, 2.75) is 32.2 Å². The van der Waals surface area contributed by atoms with E-state index in [-0.39, 0.29) is 11.9 Å². The summed E-state index contributed by atoms with van der Waals surface area (Å²) in [4.78, 5) is 38.9. The number of fused-ring (bicyclic) bond motifs is 4. The first-order chi connectivity index (χ1) is 14.5. The van der Waals surface area contributed by atoms with Gasteiger partial charge in [0.05, 0.1) is 0 Å². The highest BCUT2D eigenvalue weighted by atomic mass is 16.2. The van der Waals surface area contributed by atoms with Crippen LogP contribution in [-0.2, 0) is 6.54 Å². The Kier molecular flexibility index (Phi) is 5.97. The summed E-state index contributed by atoms with van der Waals surface area (Å²) >= 11 is 0. The molecule has 2 aliphatic heterocycles. The van der Waals surface area contributed by atoms with Crippen LogP contribution in [0.2, 0.25) is 0 Å². The van der Waals surface area contributed by atoms with E-state index in [0.29, 0.717) is 24.3 Å². The number of carbonyl (C=O) groups excluding carboxylic acids is 2. The van der Waals surface area contributed by atoms with Gasteiger partial charge in [-0.25, -0.2) is 14.8 Å².